The molecule has 2 aliphatic rings. The summed E-state index contributed by atoms with van der Waals surface area (Å²) in [4.78, 5) is 2.48. The molecule has 0 radical (unpaired) electrons. The lowest BCUT2D eigenvalue weighted by Crippen LogP contribution is -2.44. The summed E-state index contributed by atoms with van der Waals surface area (Å²) in [6.07, 6.45) is 3.42. The maximum absolute atomic E-state index is 10.3. The van der Waals surface area contributed by atoms with Gasteiger partial charge in [0.15, 0.2) is 0 Å². The van der Waals surface area contributed by atoms with Crippen LogP contribution in [0, 0.1) is 6.92 Å². The van der Waals surface area contributed by atoms with Crippen molar-refractivity contribution < 1.29 is 5.11 Å². The standard InChI is InChI=1S/C16H24N2O/c1-10-5-6-14(19)16-13(8-11(2)15(10)16)18-7-3-4-12(17)9-18/h5-6,11-13,19H,3-4,7-9,17H2,1-2H3. The van der Waals surface area contributed by atoms with Crippen LogP contribution in [0.5, 0.6) is 5.75 Å². The van der Waals surface area contributed by atoms with Gasteiger partial charge in [-0.3, -0.25) is 4.90 Å². The molecule has 1 aromatic rings. The second-order valence-corrected chi connectivity index (χ2v) is 6.28. The Bertz CT molecular complexity index is 486. The van der Waals surface area contributed by atoms with E-state index in [1.807, 2.05) is 12.1 Å². The third kappa shape index (κ3) is 2.15. The van der Waals surface area contributed by atoms with Crippen molar-refractivity contribution in [3.8, 4) is 5.75 Å². The van der Waals surface area contributed by atoms with Gasteiger partial charge in [-0.05, 0) is 55.8 Å². The number of fused-ring (bicyclic) bond motifs is 1. The highest BCUT2D eigenvalue weighted by molar-refractivity contribution is 5.51. The zero-order valence-corrected chi connectivity index (χ0v) is 11.9. The summed E-state index contributed by atoms with van der Waals surface area (Å²) in [6.45, 7) is 6.50. The minimum Gasteiger partial charge on any atom is -0.508 e. The molecule has 1 saturated heterocycles. The van der Waals surface area contributed by atoms with Gasteiger partial charge in [-0.2, -0.15) is 0 Å². The highest BCUT2D eigenvalue weighted by Gasteiger charge is 2.36. The van der Waals surface area contributed by atoms with E-state index in [2.05, 4.69) is 18.7 Å². The maximum atomic E-state index is 10.3. The number of nitrogens with two attached hydrogens (primary N) is 1. The van der Waals surface area contributed by atoms with Gasteiger partial charge < -0.3 is 10.8 Å². The van der Waals surface area contributed by atoms with Crippen LogP contribution in [0.15, 0.2) is 12.1 Å². The monoisotopic (exact) mass is 260 g/mol. The number of phenolic OH excluding ortho intramolecular Hbond substituents is 1. The number of aromatic hydroxyl groups is 1. The summed E-state index contributed by atoms with van der Waals surface area (Å²) in [5.74, 6) is 0.999. The van der Waals surface area contributed by atoms with Crippen molar-refractivity contribution in [1.29, 1.82) is 0 Å². The van der Waals surface area contributed by atoms with Gasteiger partial charge in [0.25, 0.3) is 0 Å². The molecule has 3 heteroatoms. The summed E-state index contributed by atoms with van der Waals surface area (Å²) in [7, 11) is 0. The number of aryl methyl sites for hydroxylation is 1. The number of rotatable bonds is 1. The number of piperidine rings is 1. The van der Waals surface area contributed by atoms with E-state index < -0.39 is 0 Å². The molecule has 3 N–H and O–H groups in total. The lowest BCUT2D eigenvalue weighted by Gasteiger charge is -2.36. The molecule has 104 valence electrons. The molecule has 0 spiro atoms. The molecule has 1 heterocycles. The van der Waals surface area contributed by atoms with E-state index in [1.54, 1.807) is 0 Å². The fraction of sp³-hybridized carbons (Fsp3) is 0.625. The Balaban J connectivity index is 1.97. The van der Waals surface area contributed by atoms with Crippen LogP contribution in [-0.4, -0.2) is 29.1 Å². The van der Waals surface area contributed by atoms with Crippen LogP contribution in [0.25, 0.3) is 0 Å². The number of likely N-dealkylation sites (tertiary alicyclic amines) is 1. The van der Waals surface area contributed by atoms with Crippen LogP contribution in [0.1, 0.15) is 54.8 Å². The largest absolute Gasteiger partial charge is 0.508 e. The van der Waals surface area contributed by atoms with E-state index in [9.17, 15) is 5.11 Å². The zero-order chi connectivity index (χ0) is 13.6. The number of benzene rings is 1. The predicted octanol–water partition coefficient (Wildman–Crippen LogP) is 2.67. The van der Waals surface area contributed by atoms with Crippen molar-refractivity contribution in [2.75, 3.05) is 13.1 Å². The molecule has 0 aromatic heterocycles. The molecular weight excluding hydrogens is 236 g/mol. The van der Waals surface area contributed by atoms with Gasteiger partial charge in [0.2, 0.25) is 0 Å². The number of hydrogen-bond acceptors (Lipinski definition) is 3. The maximum Gasteiger partial charge on any atom is 0.120 e. The van der Waals surface area contributed by atoms with Crippen LogP contribution in [-0.2, 0) is 0 Å². The van der Waals surface area contributed by atoms with E-state index in [0.29, 0.717) is 23.8 Å². The summed E-state index contributed by atoms with van der Waals surface area (Å²) in [5, 5.41) is 10.3. The number of nitrogens with zero attached hydrogens (tertiary/aromatic N) is 1. The second-order valence-electron chi connectivity index (χ2n) is 6.28. The molecule has 3 nitrogen and oxygen atoms in total. The normalized spacial score (nSPS) is 31.4. The molecule has 3 unspecified atom stereocenters. The summed E-state index contributed by atoms with van der Waals surface area (Å²) >= 11 is 0. The SMILES string of the molecule is Cc1ccc(O)c2c1C(C)CC2N1CCCC(N)C1. The first kappa shape index (κ1) is 12.9. The molecule has 1 fully saturated rings. The van der Waals surface area contributed by atoms with E-state index >= 15 is 0 Å². The van der Waals surface area contributed by atoms with Gasteiger partial charge in [-0.25, -0.2) is 0 Å². The lowest BCUT2D eigenvalue weighted by atomic mass is 9.97. The van der Waals surface area contributed by atoms with E-state index in [1.165, 1.54) is 23.1 Å². The molecule has 1 aromatic carbocycles. The molecular formula is C16H24N2O. The molecule has 0 amide bonds. The molecule has 1 aliphatic heterocycles. The summed E-state index contributed by atoms with van der Waals surface area (Å²) < 4.78 is 0. The third-order valence-electron chi connectivity index (χ3n) is 4.82. The number of phenols is 1. The average Bonchev–Trinajstić information content (AvgIpc) is 2.73. The van der Waals surface area contributed by atoms with Crippen molar-refractivity contribution >= 4 is 0 Å². The van der Waals surface area contributed by atoms with E-state index in [0.717, 1.165) is 25.9 Å². The smallest absolute Gasteiger partial charge is 0.120 e. The van der Waals surface area contributed by atoms with Crippen LogP contribution in [0.4, 0.5) is 0 Å². The van der Waals surface area contributed by atoms with Gasteiger partial charge in [-0.1, -0.05) is 13.0 Å². The Morgan fingerprint density at radius 2 is 2.11 bits per heavy atom. The van der Waals surface area contributed by atoms with Gasteiger partial charge in [0.05, 0.1) is 0 Å². The highest BCUT2D eigenvalue weighted by Crippen LogP contribution is 2.48. The third-order valence-corrected chi connectivity index (χ3v) is 4.82. The summed E-state index contributed by atoms with van der Waals surface area (Å²) in [5.41, 5.74) is 9.95. The number of hydrogen-bond donors (Lipinski definition) is 2. The van der Waals surface area contributed by atoms with Gasteiger partial charge >= 0.3 is 0 Å². The van der Waals surface area contributed by atoms with Gasteiger partial charge in [-0.15, -0.1) is 0 Å². The first-order valence-electron chi connectivity index (χ1n) is 7.40. The fourth-order valence-corrected chi connectivity index (χ4v) is 3.96. The zero-order valence-electron chi connectivity index (χ0n) is 11.9. The Hall–Kier alpha value is -1.06. The van der Waals surface area contributed by atoms with Crippen LogP contribution < -0.4 is 5.73 Å². The van der Waals surface area contributed by atoms with Crippen molar-refractivity contribution in [2.45, 2.75) is 51.1 Å². The van der Waals surface area contributed by atoms with Crippen LogP contribution in [0.2, 0.25) is 0 Å². The Labute approximate surface area is 115 Å². The Morgan fingerprint density at radius 1 is 1.32 bits per heavy atom. The van der Waals surface area contributed by atoms with E-state index in [4.69, 9.17) is 5.73 Å². The molecule has 19 heavy (non-hydrogen) atoms. The molecule has 3 atom stereocenters. The van der Waals surface area contributed by atoms with Crippen molar-refractivity contribution in [2.24, 2.45) is 5.73 Å². The first-order chi connectivity index (χ1) is 9.08. The lowest BCUT2D eigenvalue weighted by molar-refractivity contribution is 0.144. The van der Waals surface area contributed by atoms with Crippen LogP contribution >= 0.6 is 0 Å². The van der Waals surface area contributed by atoms with Crippen molar-refractivity contribution in [3.05, 3.63) is 28.8 Å². The van der Waals surface area contributed by atoms with Gasteiger partial charge in [0.1, 0.15) is 5.75 Å². The van der Waals surface area contributed by atoms with Gasteiger partial charge in [0, 0.05) is 24.2 Å². The molecule has 0 saturated carbocycles. The minimum atomic E-state index is 0.292. The highest BCUT2D eigenvalue weighted by atomic mass is 16.3. The Kier molecular flexibility index (Phi) is 3.27. The Morgan fingerprint density at radius 3 is 2.84 bits per heavy atom. The average molecular weight is 260 g/mol. The summed E-state index contributed by atoms with van der Waals surface area (Å²) in [6, 6.07) is 4.54. The minimum absolute atomic E-state index is 0.292. The second kappa shape index (κ2) is 4.80. The quantitative estimate of drug-likeness (QED) is 0.816. The van der Waals surface area contributed by atoms with Crippen LogP contribution in [0.3, 0.4) is 0 Å². The molecule has 0 bridgehead atoms. The van der Waals surface area contributed by atoms with E-state index in [-0.39, 0.29) is 0 Å². The topological polar surface area (TPSA) is 49.5 Å². The predicted molar refractivity (Wildman–Crippen MR) is 77.4 cm³/mol. The molecule has 1 aliphatic carbocycles. The van der Waals surface area contributed by atoms with Crippen molar-refractivity contribution in [3.63, 3.8) is 0 Å². The molecule has 3 rings (SSSR count). The first-order valence-corrected chi connectivity index (χ1v) is 7.40. The fourth-order valence-electron chi connectivity index (χ4n) is 3.96. The van der Waals surface area contributed by atoms with Crippen molar-refractivity contribution in [1.82, 2.24) is 4.90 Å².